The van der Waals surface area contributed by atoms with Crippen molar-refractivity contribution in [1.82, 2.24) is 15.5 Å². The topological polar surface area (TPSA) is 84.9 Å². The summed E-state index contributed by atoms with van der Waals surface area (Å²) in [5, 5.41) is 14.4. The summed E-state index contributed by atoms with van der Waals surface area (Å²) in [5.41, 5.74) is 4.59. The Morgan fingerprint density at radius 3 is 2.35 bits per heavy atom. The lowest BCUT2D eigenvalue weighted by molar-refractivity contribution is -0.151. The number of rotatable bonds is 14. The molecule has 1 saturated heterocycles. The first kappa shape index (κ1) is 27.3. The van der Waals surface area contributed by atoms with Crippen molar-refractivity contribution in [2.75, 3.05) is 19.6 Å². The Labute approximate surface area is 220 Å². The van der Waals surface area contributed by atoms with Crippen molar-refractivity contribution < 1.29 is 14.3 Å². The maximum Gasteiger partial charge on any atom is 0.309 e. The van der Waals surface area contributed by atoms with Crippen molar-refractivity contribution >= 4 is 11.9 Å². The molecule has 1 heterocycles. The lowest BCUT2D eigenvalue weighted by atomic mass is 9.83. The molecule has 2 aromatic carbocycles. The molecule has 1 N–H and O–H groups in total. The van der Waals surface area contributed by atoms with Crippen LogP contribution >= 0.6 is 0 Å². The quantitative estimate of drug-likeness (QED) is 0.221. The van der Waals surface area contributed by atoms with Gasteiger partial charge in [-0.05, 0) is 56.1 Å². The lowest BCUT2D eigenvalue weighted by Gasteiger charge is -2.48. The molecule has 2 aromatic rings. The number of hydroxylamine groups is 1. The smallest absolute Gasteiger partial charge is 0.309 e. The van der Waals surface area contributed by atoms with Crippen LogP contribution in [-0.2, 0) is 27.4 Å². The third kappa shape index (κ3) is 7.87. The maximum absolute atomic E-state index is 13.4. The maximum atomic E-state index is 13.4. The summed E-state index contributed by atoms with van der Waals surface area (Å²) in [6.07, 6.45) is 7.67. The molecule has 2 aliphatic rings. The molecule has 200 valence electrons. The zero-order chi connectivity index (χ0) is 25.9. The summed E-state index contributed by atoms with van der Waals surface area (Å²) in [6.45, 7) is 2.25. The SMILES string of the molecule is O=C(OCc1ccccc1)C(CCc1ccccc1)CC1(N([O-])NCCCN2CCCC2=O)CCCC1. The van der Waals surface area contributed by atoms with Gasteiger partial charge in [-0.2, -0.15) is 0 Å². The van der Waals surface area contributed by atoms with E-state index in [1.54, 1.807) is 0 Å². The number of carbonyl (C=O) groups excluding carboxylic acids is 2. The first-order valence-electron chi connectivity index (χ1n) is 13.8. The van der Waals surface area contributed by atoms with E-state index in [1.807, 2.05) is 53.4 Å². The molecule has 37 heavy (non-hydrogen) atoms. The van der Waals surface area contributed by atoms with Crippen LogP contribution in [0, 0.1) is 11.1 Å². The van der Waals surface area contributed by atoms with E-state index < -0.39 is 5.54 Å². The number of hydrazine groups is 1. The Bertz CT molecular complexity index is 979. The van der Waals surface area contributed by atoms with Gasteiger partial charge in [-0.1, -0.05) is 73.5 Å². The standard InChI is InChI=1S/C30H40N3O4/c34-28-15-9-21-32(28)22-10-20-31-33(36)30(18-7-8-19-30)23-27(17-16-25-11-3-1-4-12-25)29(35)37-24-26-13-5-2-6-14-26/h1-6,11-14,27,31H,7-10,15-24H2/q-1. The van der Waals surface area contributed by atoms with Gasteiger partial charge in [-0.25, -0.2) is 0 Å². The number of ether oxygens (including phenoxy) is 1. The summed E-state index contributed by atoms with van der Waals surface area (Å²) in [4.78, 5) is 27.1. The molecule has 1 saturated carbocycles. The van der Waals surface area contributed by atoms with Crippen LogP contribution < -0.4 is 5.43 Å². The second kappa shape index (κ2) is 13.7. The highest BCUT2D eigenvalue weighted by Gasteiger charge is 2.39. The number of benzene rings is 2. The van der Waals surface area contributed by atoms with Gasteiger partial charge in [-0.3, -0.25) is 15.0 Å². The van der Waals surface area contributed by atoms with Gasteiger partial charge in [0.15, 0.2) is 0 Å². The van der Waals surface area contributed by atoms with Crippen LogP contribution in [0.1, 0.15) is 68.9 Å². The Balaban J connectivity index is 1.37. The third-order valence-corrected chi connectivity index (χ3v) is 7.80. The van der Waals surface area contributed by atoms with Crippen molar-refractivity contribution in [1.29, 1.82) is 0 Å². The van der Waals surface area contributed by atoms with Gasteiger partial charge < -0.3 is 20.0 Å². The highest BCUT2D eigenvalue weighted by molar-refractivity contribution is 5.78. The van der Waals surface area contributed by atoms with Crippen LogP contribution in [0.5, 0.6) is 0 Å². The van der Waals surface area contributed by atoms with E-state index in [2.05, 4.69) is 17.6 Å². The van der Waals surface area contributed by atoms with E-state index in [1.165, 1.54) is 5.56 Å². The Morgan fingerprint density at radius 1 is 1.03 bits per heavy atom. The van der Waals surface area contributed by atoms with Gasteiger partial charge in [0.1, 0.15) is 6.61 Å². The van der Waals surface area contributed by atoms with Crippen molar-refractivity contribution in [3.05, 3.63) is 77.0 Å². The molecule has 0 radical (unpaired) electrons. The van der Waals surface area contributed by atoms with Crippen LogP contribution in [-0.4, -0.2) is 47.1 Å². The summed E-state index contributed by atoms with van der Waals surface area (Å²) >= 11 is 0. The van der Waals surface area contributed by atoms with E-state index in [9.17, 15) is 14.8 Å². The van der Waals surface area contributed by atoms with E-state index in [0.29, 0.717) is 32.4 Å². The molecule has 0 bridgehead atoms. The number of esters is 1. The molecule has 0 spiro atoms. The predicted octanol–water partition coefficient (Wildman–Crippen LogP) is 5.00. The van der Waals surface area contributed by atoms with Crippen molar-refractivity contribution in [2.24, 2.45) is 5.92 Å². The summed E-state index contributed by atoms with van der Waals surface area (Å²) in [5.74, 6) is -0.379. The van der Waals surface area contributed by atoms with Gasteiger partial charge in [0.25, 0.3) is 0 Å². The van der Waals surface area contributed by atoms with Crippen molar-refractivity contribution in [2.45, 2.75) is 76.4 Å². The van der Waals surface area contributed by atoms with Crippen LogP contribution in [0.3, 0.4) is 0 Å². The Hall–Kier alpha value is -2.74. The molecule has 2 fully saturated rings. The molecule has 1 aliphatic carbocycles. The van der Waals surface area contributed by atoms with Gasteiger partial charge in [0.05, 0.1) is 5.92 Å². The monoisotopic (exact) mass is 506 g/mol. The molecular weight excluding hydrogens is 466 g/mol. The second-order valence-electron chi connectivity index (χ2n) is 10.5. The predicted molar refractivity (Wildman–Crippen MR) is 144 cm³/mol. The fourth-order valence-electron chi connectivity index (χ4n) is 5.68. The number of likely N-dealkylation sites (tertiary alicyclic amines) is 1. The summed E-state index contributed by atoms with van der Waals surface area (Å²) in [7, 11) is 0. The molecule has 4 rings (SSSR count). The summed E-state index contributed by atoms with van der Waals surface area (Å²) in [6, 6.07) is 19.9. The van der Waals surface area contributed by atoms with E-state index in [-0.39, 0.29) is 24.4 Å². The molecule has 0 aromatic heterocycles. The van der Waals surface area contributed by atoms with Crippen LogP contribution in [0.2, 0.25) is 0 Å². The number of carbonyl (C=O) groups is 2. The highest BCUT2D eigenvalue weighted by Crippen LogP contribution is 2.40. The van der Waals surface area contributed by atoms with Crippen molar-refractivity contribution in [3.63, 3.8) is 0 Å². The molecule has 1 aliphatic heterocycles. The lowest BCUT2D eigenvalue weighted by Crippen LogP contribution is -2.52. The number of nitrogens with zero attached hydrogens (tertiary/aromatic N) is 2. The van der Waals surface area contributed by atoms with Crippen molar-refractivity contribution in [3.8, 4) is 0 Å². The van der Waals surface area contributed by atoms with E-state index >= 15 is 0 Å². The van der Waals surface area contributed by atoms with Gasteiger partial charge >= 0.3 is 5.97 Å². The fraction of sp³-hybridized carbons (Fsp3) is 0.533. The van der Waals surface area contributed by atoms with Crippen LogP contribution in [0.15, 0.2) is 60.7 Å². The third-order valence-electron chi connectivity index (χ3n) is 7.80. The Morgan fingerprint density at radius 2 is 1.70 bits per heavy atom. The van der Waals surface area contributed by atoms with Gasteiger partial charge in [0, 0.05) is 31.6 Å². The minimum absolute atomic E-state index is 0.210. The fourth-order valence-corrected chi connectivity index (χ4v) is 5.68. The number of hydrogen-bond acceptors (Lipinski definition) is 6. The van der Waals surface area contributed by atoms with E-state index in [0.717, 1.165) is 62.2 Å². The normalized spacial score (nSPS) is 17.9. The zero-order valence-corrected chi connectivity index (χ0v) is 21.8. The molecule has 7 heteroatoms. The molecular formula is C30H40N3O4-. The van der Waals surface area contributed by atoms with Gasteiger partial charge in [-0.15, -0.1) is 0 Å². The van der Waals surface area contributed by atoms with Gasteiger partial charge in [0.2, 0.25) is 5.91 Å². The second-order valence-corrected chi connectivity index (χ2v) is 10.5. The Kier molecular flexibility index (Phi) is 10.1. The number of amides is 1. The largest absolute Gasteiger partial charge is 0.771 e. The zero-order valence-electron chi connectivity index (χ0n) is 21.8. The van der Waals surface area contributed by atoms with Crippen LogP contribution in [0.25, 0.3) is 0 Å². The average Bonchev–Trinajstić information content (AvgIpc) is 3.58. The molecule has 1 atom stereocenters. The van der Waals surface area contributed by atoms with Crippen LogP contribution in [0.4, 0.5) is 0 Å². The minimum Gasteiger partial charge on any atom is -0.771 e. The highest BCUT2D eigenvalue weighted by atomic mass is 16.5. The minimum atomic E-state index is -0.614. The first-order chi connectivity index (χ1) is 18.1. The van der Waals surface area contributed by atoms with E-state index in [4.69, 9.17) is 4.74 Å². The number of nitrogens with one attached hydrogen (secondary N) is 1. The molecule has 1 unspecified atom stereocenters. The molecule has 7 nitrogen and oxygen atoms in total. The molecule has 1 amide bonds. The summed E-state index contributed by atoms with van der Waals surface area (Å²) < 4.78 is 5.76. The average molecular weight is 507 g/mol. The first-order valence-corrected chi connectivity index (χ1v) is 13.8. The number of hydrogen-bond donors (Lipinski definition) is 1. The number of aryl methyl sites for hydroxylation is 1.